The molecule has 1 aliphatic rings. The smallest absolute Gasteiger partial charge is 0.123 e. The number of nitrogens with zero attached hydrogens (tertiary/aromatic N) is 2. The Bertz CT molecular complexity index is 924. The van der Waals surface area contributed by atoms with Crippen molar-refractivity contribution in [3.05, 3.63) is 102 Å². The average molecular weight is 510 g/mol. The van der Waals surface area contributed by atoms with Crippen molar-refractivity contribution in [2.45, 2.75) is 12.1 Å². The first-order valence-corrected chi connectivity index (χ1v) is 11.0. The van der Waals surface area contributed by atoms with Crippen LogP contribution >= 0.6 is 24.8 Å². The summed E-state index contributed by atoms with van der Waals surface area (Å²) < 4.78 is 27.0. The van der Waals surface area contributed by atoms with Gasteiger partial charge in [-0.25, -0.2) is 8.78 Å². The van der Waals surface area contributed by atoms with Crippen LogP contribution in [0.1, 0.15) is 17.2 Å². The Balaban J connectivity index is 0.00000204. The number of aliphatic hydroxyl groups is 1. The molecule has 4 nitrogen and oxygen atoms in total. The Labute approximate surface area is 212 Å². The zero-order valence-electron chi connectivity index (χ0n) is 18.8. The van der Waals surface area contributed by atoms with E-state index in [1.165, 1.54) is 24.3 Å². The van der Waals surface area contributed by atoms with Gasteiger partial charge in [0.25, 0.3) is 0 Å². The molecule has 0 bridgehead atoms. The van der Waals surface area contributed by atoms with Crippen LogP contribution in [0.4, 0.5) is 14.5 Å². The Morgan fingerprint density at radius 3 is 1.74 bits per heavy atom. The van der Waals surface area contributed by atoms with E-state index in [2.05, 4.69) is 15.1 Å². The molecule has 4 rings (SSSR count). The fraction of sp³-hybridized carbons (Fsp3) is 0.308. The van der Waals surface area contributed by atoms with Crippen molar-refractivity contribution in [3.63, 3.8) is 0 Å². The molecule has 1 atom stereocenters. The zero-order valence-corrected chi connectivity index (χ0v) is 20.4. The lowest BCUT2D eigenvalue weighted by molar-refractivity contribution is 0.0672. The van der Waals surface area contributed by atoms with E-state index in [4.69, 9.17) is 0 Å². The number of halogens is 4. The molecule has 1 unspecified atom stereocenters. The molecule has 0 aliphatic carbocycles. The van der Waals surface area contributed by atoms with Gasteiger partial charge in [-0.3, -0.25) is 9.80 Å². The Kier molecular flexibility index (Phi) is 11.2. The van der Waals surface area contributed by atoms with Gasteiger partial charge < -0.3 is 10.4 Å². The Morgan fingerprint density at radius 1 is 0.735 bits per heavy atom. The number of anilines is 1. The largest absolute Gasteiger partial charge is 0.390 e. The third kappa shape index (κ3) is 7.65. The van der Waals surface area contributed by atoms with Gasteiger partial charge in [0.2, 0.25) is 0 Å². The predicted octanol–water partition coefficient (Wildman–Crippen LogP) is 4.99. The third-order valence-electron chi connectivity index (χ3n) is 5.93. The molecular weight excluding hydrogens is 479 g/mol. The minimum absolute atomic E-state index is 0. The molecule has 0 radical (unpaired) electrons. The van der Waals surface area contributed by atoms with Crippen LogP contribution in [-0.2, 0) is 0 Å². The quantitative estimate of drug-likeness (QED) is 0.448. The maximum Gasteiger partial charge on any atom is 0.123 e. The Hall–Kier alpha value is -2.22. The predicted molar refractivity (Wildman–Crippen MR) is 138 cm³/mol. The van der Waals surface area contributed by atoms with E-state index in [0.29, 0.717) is 13.1 Å². The van der Waals surface area contributed by atoms with Crippen molar-refractivity contribution in [3.8, 4) is 0 Å². The minimum atomic E-state index is -0.466. The van der Waals surface area contributed by atoms with Crippen LogP contribution in [0.3, 0.4) is 0 Å². The van der Waals surface area contributed by atoms with Gasteiger partial charge in [0.1, 0.15) is 11.6 Å². The normalized spacial score (nSPS) is 15.3. The summed E-state index contributed by atoms with van der Waals surface area (Å²) in [5.41, 5.74) is 2.97. The van der Waals surface area contributed by atoms with Crippen LogP contribution in [0.25, 0.3) is 0 Å². The lowest BCUT2D eigenvalue weighted by Gasteiger charge is -2.40. The molecule has 34 heavy (non-hydrogen) atoms. The molecule has 1 fully saturated rings. The number of nitrogens with one attached hydrogen (secondary N) is 1. The highest BCUT2D eigenvalue weighted by molar-refractivity contribution is 5.85. The van der Waals surface area contributed by atoms with Crippen molar-refractivity contribution < 1.29 is 13.9 Å². The van der Waals surface area contributed by atoms with Crippen molar-refractivity contribution in [2.75, 3.05) is 44.6 Å². The fourth-order valence-electron chi connectivity index (χ4n) is 4.26. The summed E-state index contributed by atoms with van der Waals surface area (Å²) in [5, 5.41) is 13.7. The highest BCUT2D eigenvalue weighted by Crippen LogP contribution is 2.30. The summed E-state index contributed by atoms with van der Waals surface area (Å²) in [6.45, 7) is 4.35. The lowest BCUT2D eigenvalue weighted by atomic mass is 9.96. The van der Waals surface area contributed by atoms with Crippen molar-refractivity contribution in [2.24, 2.45) is 0 Å². The summed E-state index contributed by atoms with van der Waals surface area (Å²) in [4.78, 5) is 4.60. The molecule has 184 valence electrons. The monoisotopic (exact) mass is 509 g/mol. The molecule has 0 saturated carbocycles. The number of aliphatic hydroxyl groups excluding tert-OH is 1. The highest BCUT2D eigenvalue weighted by Gasteiger charge is 2.27. The van der Waals surface area contributed by atoms with Crippen molar-refractivity contribution >= 4 is 30.5 Å². The number of piperazine rings is 1. The third-order valence-corrected chi connectivity index (χ3v) is 5.93. The topological polar surface area (TPSA) is 38.7 Å². The maximum atomic E-state index is 13.5. The first kappa shape index (κ1) is 28.0. The fourth-order valence-corrected chi connectivity index (χ4v) is 4.26. The molecule has 1 heterocycles. The van der Waals surface area contributed by atoms with E-state index < -0.39 is 6.10 Å². The van der Waals surface area contributed by atoms with Crippen LogP contribution in [0.2, 0.25) is 0 Å². The van der Waals surface area contributed by atoms with E-state index in [0.717, 1.165) is 43.0 Å². The molecule has 8 heteroatoms. The minimum Gasteiger partial charge on any atom is -0.390 e. The molecule has 1 saturated heterocycles. The van der Waals surface area contributed by atoms with Gasteiger partial charge in [0.15, 0.2) is 0 Å². The second-order valence-corrected chi connectivity index (χ2v) is 8.24. The molecule has 0 aromatic heterocycles. The zero-order chi connectivity index (χ0) is 22.3. The number of hydrogen-bond acceptors (Lipinski definition) is 4. The average Bonchev–Trinajstić information content (AvgIpc) is 2.82. The van der Waals surface area contributed by atoms with Crippen molar-refractivity contribution in [1.29, 1.82) is 0 Å². The summed E-state index contributed by atoms with van der Waals surface area (Å²) in [6, 6.07) is 22.9. The first-order valence-electron chi connectivity index (χ1n) is 11.0. The number of β-amino-alcohol motifs (C(OH)–C–C–N with tert-alkyl or cyclic N) is 1. The number of benzene rings is 3. The van der Waals surface area contributed by atoms with E-state index in [-0.39, 0.29) is 42.5 Å². The van der Waals surface area contributed by atoms with Crippen LogP contribution in [0, 0.1) is 11.6 Å². The molecule has 2 N–H and O–H groups in total. The maximum absolute atomic E-state index is 13.5. The van der Waals surface area contributed by atoms with E-state index in [9.17, 15) is 13.9 Å². The van der Waals surface area contributed by atoms with E-state index in [1.807, 2.05) is 30.3 Å². The second kappa shape index (κ2) is 13.6. The van der Waals surface area contributed by atoms with Gasteiger partial charge in [-0.15, -0.1) is 24.8 Å². The lowest BCUT2D eigenvalue weighted by Crippen LogP contribution is -2.50. The molecule has 0 spiro atoms. The van der Waals surface area contributed by atoms with Gasteiger partial charge in [-0.05, 0) is 47.5 Å². The molecule has 3 aromatic rings. The van der Waals surface area contributed by atoms with Crippen molar-refractivity contribution in [1.82, 2.24) is 9.80 Å². The summed E-state index contributed by atoms with van der Waals surface area (Å²) in [7, 11) is 0. The number of rotatable bonds is 8. The van der Waals surface area contributed by atoms with Gasteiger partial charge >= 0.3 is 0 Å². The van der Waals surface area contributed by atoms with Crippen LogP contribution in [-0.4, -0.2) is 60.3 Å². The van der Waals surface area contributed by atoms with Gasteiger partial charge in [-0.1, -0.05) is 42.5 Å². The van der Waals surface area contributed by atoms with Gasteiger partial charge in [0, 0.05) is 45.0 Å². The van der Waals surface area contributed by atoms with E-state index >= 15 is 0 Å². The highest BCUT2D eigenvalue weighted by atomic mass is 35.5. The van der Waals surface area contributed by atoms with E-state index in [1.54, 1.807) is 24.3 Å². The number of hydrogen-bond donors (Lipinski definition) is 2. The van der Waals surface area contributed by atoms with Crippen LogP contribution in [0.15, 0.2) is 78.9 Å². The molecule has 3 aromatic carbocycles. The molecule has 0 amide bonds. The Morgan fingerprint density at radius 2 is 1.24 bits per heavy atom. The van der Waals surface area contributed by atoms with Crippen LogP contribution < -0.4 is 5.32 Å². The first-order chi connectivity index (χ1) is 15.6. The number of para-hydroxylation sites is 1. The van der Waals surface area contributed by atoms with Gasteiger partial charge in [0.05, 0.1) is 12.1 Å². The summed E-state index contributed by atoms with van der Waals surface area (Å²) >= 11 is 0. The SMILES string of the molecule is Cl.Cl.OC(CNc1ccccc1)CN1CCN(C(c2ccc(F)cc2)c2ccc(F)cc2)CC1. The summed E-state index contributed by atoms with van der Waals surface area (Å²) in [5.74, 6) is -0.538. The van der Waals surface area contributed by atoms with Crippen LogP contribution in [0.5, 0.6) is 0 Å². The summed E-state index contributed by atoms with van der Waals surface area (Å²) in [6.07, 6.45) is -0.466. The molecular formula is C26H31Cl2F2N3O. The standard InChI is InChI=1S/C26H29F2N3O.2ClH/c27-22-10-6-20(7-11-22)26(21-8-12-23(28)13-9-21)31-16-14-30(15-17-31)19-25(32)18-29-24-4-2-1-3-5-24;;/h1-13,25-26,29,32H,14-19H2;2*1H. The second-order valence-electron chi connectivity index (χ2n) is 8.24. The molecule has 1 aliphatic heterocycles. The van der Waals surface area contributed by atoms with Gasteiger partial charge in [-0.2, -0.15) is 0 Å².